The summed E-state index contributed by atoms with van der Waals surface area (Å²) in [6.07, 6.45) is 2.04. The van der Waals surface area contributed by atoms with Gasteiger partial charge in [-0.1, -0.05) is 18.5 Å². The summed E-state index contributed by atoms with van der Waals surface area (Å²) in [5, 5.41) is 0.502. The Morgan fingerprint density at radius 3 is 2.76 bits per heavy atom. The Labute approximate surface area is 150 Å². The van der Waals surface area contributed by atoms with Crippen molar-refractivity contribution >= 4 is 28.9 Å². The number of nitrogens with zero attached hydrogens (tertiary/aromatic N) is 4. The van der Waals surface area contributed by atoms with E-state index in [0.717, 1.165) is 31.6 Å². The van der Waals surface area contributed by atoms with Crippen molar-refractivity contribution < 1.29 is 9.53 Å². The number of pyridine rings is 1. The van der Waals surface area contributed by atoms with Crippen LogP contribution in [0.3, 0.4) is 0 Å². The maximum Gasteiger partial charge on any atom is 0.409 e. The number of hydrogen-bond donors (Lipinski definition) is 1. The third kappa shape index (κ3) is 3.64. The Balaban J connectivity index is 1.76. The Morgan fingerprint density at radius 1 is 1.40 bits per heavy atom. The lowest BCUT2D eigenvalue weighted by molar-refractivity contribution is 0.0859. The van der Waals surface area contributed by atoms with Crippen LogP contribution in [0.2, 0.25) is 5.02 Å². The van der Waals surface area contributed by atoms with Crippen LogP contribution in [0, 0.1) is 0 Å². The maximum atomic E-state index is 12.4. The van der Waals surface area contributed by atoms with Gasteiger partial charge in [0.05, 0.1) is 23.7 Å². The van der Waals surface area contributed by atoms with Gasteiger partial charge in [-0.3, -0.25) is 14.5 Å². The first-order chi connectivity index (χ1) is 12.0. The molecule has 25 heavy (non-hydrogen) atoms. The first-order valence-electron chi connectivity index (χ1n) is 8.34. The number of piperazine rings is 1. The lowest BCUT2D eigenvalue weighted by atomic mass is 10.2. The van der Waals surface area contributed by atoms with Crippen molar-refractivity contribution in [1.29, 1.82) is 0 Å². The number of imidazole rings is 1. The van der Waals surface area contributed by atoms with Crippen LogP contribution < -0.4 is 5.69 Å². The number of hydrogen-bond acceptors (Lipinski definition) is 5. The molecule has 2 aromatic heterocycles. The molecule has 0 radical (unpaired) electrons. The lowest BCUT2D eigenvalue weighted by Crippen LogP contribution is -2.50. The Kier molecular flexibility index (Phi) is 5.29. The van der Waals surface area contributed by atoms with Gasteiger partial charge < -0.3 is 9.64 Å². The number of aromatic amines is 1. The molecule has 1 unspecified atom stereocenters. The summed E-state index contributed by atoms with van der Waals surface area (Å²) in [7, 11) is 1.39. The van der Waals surface area contributed by atoms with Gasteiger partial charge in [0.2, 0.25) is 0 Å². The van der Waals surface area contributed by atoms with E-state index in [1.807, 2.05) is 0 Å². The van der Waals surface area contributed by atoms with E-state index >= 15 is 0 Å². The van der Waals surface area contributed by atoms with Crippen LogP contribution in [0.4, 0.5) is 4.79 Å². The van der Waals surface area contributed by atoms with Crippen LogP contribution >= 0.6 is 11.6 Å². The van der Waals surface area contributed by atoms with E-state index in [2.05, 4.69) is 21.8 Å². The maximum absolute atomic E-state index is 12.4. The van der Waals surface area contributed by atoms with E-state index in [9.17, 15) is 9.59 Å². The molecule has 2 aromatic rings. The van der Waals surface area contributed by atoms with Crippen LogP contribution in [0.5, 0.6) is 0 Å². The van der Waals surface area contributed by atoms with Crippen LogP contribution in [-0.2, 0) is 4.74 Å². The number of carbonyl (C=O) groups excluding carboxylic acids is 1. The number of carbonyl (C=O) groups is 1. The minimum Gasteiger partial charge on any atom is -0.453 e. The number of halogens is 1. The topological polar surface area (TPSA) is 83.5 Å². The zero-order valence-corrected chi connectivity index (χ0v) is 15.1. The van der Waals surface area contributed by atoms with Gasteiger partial charge in [0.1, 0.15) is 0 Å². The zero-order chi connectivity index (χ0) is 18.0. The Bertz CT molecular complexity index is 810. The third-order valence-electron chi connectivity index (χ3n) is 4.65. The van der Waals surface area contributed by atoms with Gasteiger partial charge in [-0.2, -0.15) is 0 Å². The molecule has 136 valence electrons. The van der Waals surface area contributed by atoms with E-state index in [1.54, 1.807) is 15.5 Å². The highest BCUT2D eigenvalue weighted by atomic mass is 35.5. The quantitative estimate of drug-likeness (QED) is 0.889. The van der Waals surface area contributed by atoms with Gasteiger partial charge in [-0.15, -0.1) is 0 Å². The second-order valence-corrected chi connectivity index (χ2v) is 6.58. The molecule has 1 atom stereocenters. The average Bonchev–Trinajstić information content (AvgIpc) is 2.94. The van der Waals surface area contributed by atoms with Crippen molar-refractivity contribution in [3.8, 4) is 0 Å². The number of methoxy groups -OCH3 is 1. The molecular formula is C16H22ClN5O3. The first-order valence-corrected chi connectivity index (χ1v) is 8.72. The SMILES string of the molecule is CCC(CN1CCN(C(=O)OC)CC1)n1c(=O)[nH]c2ncc(Cl)cc21. The van der Waals surface area contributed by atoms with Crippen LogP contribution in [-0.4, -0.2) is 70.3 Å². The van der Waals surface area contributed by atoms with Gasteiger partial charge in [0.15, 0.2) is 5.65 Å². The normalized spacial score (nSPS) is 17.0. The minimum atomic E-state index is -0.291. The fourth-order valence-corrected chi connectivity index (χ4v) is 3.43. The second-order valence-electron chi connectivity index (χ2n) is 6.14. The summed E-state index contributed by atoms with van der Waals surface area (Å²) < 4.78 is 6.50. The van der Waals surface area contributed by atoms with E-state index < -0.39 is 0 Å². The molecule has 0 aromatic carbocycles. The van der Waals surface area contributed by atoms with Crippen molar-refractivity contribution in [2.45, 2.75) is 19.4 Å². The van der Waals surface area contributed by atoms with Gasteiger partial charge in [0, 0.05) is 38.9 Å². The van der Waals surface area contributed by atoms with Gasteiger partial charge >= 0.3 is 11.8 Å². The predicted octanol–water partition coefficient (Wildman–Crippen LogP) is 1.71. The van der Waals surface area contributed by atoms with Crippen LogP contribution in [0.15, 0.2) is 17.1 Å². The van der Waals surface area contributed by atoms with Crippen molar-refractivity contribution in [3.63, 3.8) is 0 Å². The summed E-state index contributed by atoms with van der Waals surface area (Å²) in [6.45, 7) is 5.53. The fourth-order valence-electron chi connectivity index (χ4n) is 3.28. The molecular weight excluding hydrogens is 346 g/mol. The van der Waals surface area contributed by atoms with Gasteiger partial charge in [-0.25, -0.2) is 14.6 Å². The molecule has 0 bridgehead atoms. The Hall–Kier alpha value is -2.06. The van der Waals surface area contributed by atoms with Crippen LogP contribution in [0.1, 0.15) is 19.4 Å². The number of ether oxygens (including phenoxy) is 1. The molecule has 3 heterocycles. The predicted molar refractivity (Wildman–Crippen MR) is 95.1 cm³/mol. The average molecular weight is 368 g/mol. The smallest absolute Gasteiger partial charge is 0.409 e. The van der Waals surface area contributed by atoms with E-state index in [0.29, 0.717) is 23.8 Å². The molecule has 1 saturated heterocycles. The number of fused-ring (bicyclic) bond motifs is 1. The summed E-state index contributed by atoms with van der Waals surface area (Å²) in [4.78, 5) is 34.9. The van der Waals surface area contributed by atoms with E-state index in [4.69, 9.17) is 16.3 Å². The number of amides is 1. The summed E-state index contributed by atoms with van der Waals surface area (Å²) in [5.74, 6) is 0. The molecule has 1 aliphatic heterocycles. The number of H-pyrrole nitrogens is 1. The van der Waals surface area contributed by atoms with Gasteiger partial charge in [-0.05, 0) is 12.5 Å². The third-order valence-corrected chi connectivity index (χ3v) is 4.86. The van der Waals surface area contributed by atoms with Crippen molar-refractivity contribution in [1.82, 2.24) is 24.3 Å². The van der Waals surface area contributed by atoms with Crippen molar-refractivity contribution in [2.24, 2.45) is 0 Å². The zero-order valence-electron chi connectivity index (χ0n) is 14.4. The van der Waals surface area contributed by atoms with Crippen molar-refractivity contribution in [2.75, 3.05) is 39.8 Å². The molecule has 8 nitrogen and oxygen atoms in total. The monoisotopic (exact) mass is 367 g/mol. The summed E-state index contributed by atoms with van der Waals surface area (Å²) in [6, 6.07) is 1.77. The van der Waals surface area contributed by atoms with Gasteiger partial charge in [0.25, 0.3) is 0 Å². The largest absolute Gasteiger partial charge is 0.453 e. The molecule has 1 aliphatic rings. The lowest BCUT2D eigenvalue weighted by Gasteiger charge is -2.35. The number of aromatic nitrogens is 3. The standard InChI is InChI=1S/C16H22ClN5O3/c1-3-12(10-20-4-6-21(7-5-20)16(24)25-2)22-13-8-11(17)9-18-14(13)19-15(22)23/h8-9,12H,3-7,10H2,1-2H3,(H,18,19,23). The molecule has 1 N–H and O–H groups in total. The van der Waals surface area contributed by atoms with Crippen LogP contribution in [0.25, 0.3) is 11.2 Å². The molecule has 3 rings (SSSR count). The molecule has 0 spiro atoms. The Morgan fingerprint density at radius 2 is 2.12 bits per heavy atom. The van der Waals surface area contributed by atoms with E-state index in [-0.39, 0.29) is 17.8 Å². The molecule has 0 aliphatic carbocycles. The summed E-state index contributed by atoms with van der Waals surface area (Å²) >= 11 is 6.05. The minimum absolute atomic E-state index is 0.00573. The second kappa shape index (κ2) is 7.45. The highest BCUT2D eigenvalue weighted by Crippen LogP contribution is 2.21. The first kappa shape index (κ1) is 17.8. The molecule has 0 saturated carbocycles. The van der Waals surface area contributed by atoms with Crippen molar-refractivity contribution in [3.05, 3.63) is 27.8 Å². The molecule has 1 amide bonds. The highest BCUT2D eigenvalue weighted by molar-refractivity contribution is 6.31. The number of nitrogens with one attached hydrogen (secondary N) is 1. The van der Waals surface area contributed by atoms with E-state index in [1.165, 1.54) is 13.3 Å². The summed E-state index contributed by atoms with van der Waals surface area (Å²) in [5.41, 5.74) is 1.09. The fraction of sp³-hybridized carbons (Fsp3) is 0.562. The molecule has 9 heteroatoms. The highest BCUT2D eigenvalue weighted by Gasteiger charge is 2.25. The number of rotatable bonds is 4. The molecule has 1 fully saturated rings.